The maximum atomic E-state index is 4.57. The molecule has 0 amide bonds. The van der Waals surface area contributed by atoms with Gasteiger partial charge in [-0.1, -0.05) is 115 Å². The van der Waals surface area contributed by atoms with E-state index in [0.717, 1.165) is 163 Å². The number of amidine groups is 1. The van der Waals surface area contributed by atoms with Gasteiger partial charge < -0.3 is 4.98 Å². The van der Waals surface area contributed by atoms with Gasteiger partial charge in [0, 0.05) is 104 Å². The lowest BCUT2D eigenvalue weighted by Crippen LogP contribution is -2.03. The zero-order chi connectivity index (χ0) is 53.5. The predicted molar refractivity (Wildman–Crippen MR) is 306 cm³/mol. The van der Waals surface area contributed by atoms with E-state index in [1.165, 1.54) is 18.4 Å². The Morgan fingerprint density at radius 3 is 1.33 bits per heavy atom. The van der Waals surface area contributed by atoms with Crippen LogP contribution in [0.1, 0.15) is 214 Å². The third-order valence-corrected chi connectivity index (χ3v) is 10.1. The molecule has 0 bridgehead atoms. The molecule has 0 fully saturated rings. The fourth-order valence-electron chi connectivity index (χ4n) is 6.53. The smallest absolute Gasteiger partial charge is 0.174 e. The Morgan fingerprint density at radius 1 is 0.486 bits per heavy atom. The third-order valence-electron chi connectivity index (χ3n) is 10.1. The molecule has 3 aliphatic rings. The number of nitrogens with one attached hydrogen (secondary N) is 1. The number of allylic oxidation sites excluding steroid dienone is 2. The minimum Gasteiger partial charge on any atom is -0.341 e. The van der Waals surface area contributed by atoms with E-state index in [1.807, 2.05) is 132 Å². The topological polar surface area (TPSA) is 181 Å². The van der Waals surface area contributed by atoms with Crippen LogP contribution >= 0.6 is 0 Å². The summed E-state index contributed by atoms with van der Waals surface area (Å²) in [6, 6.07) is 7.66. The lowest BCUT2D eigenvalue weighted by atomic mass is 10.1. The van der Waals surface area contributed by atoms with Gasteiger partial charge in [-0.05, 0) is 77.6 Å². The van der Waals surface area contributed by atoms with Gasteiger partial charge in [0.15, 0.2) is 11.7 Å². The summed E-state index contributed by atoms with van der Waals surface area (Å²) in [5, 5.41) is 0. The quantitative estimate of drug-likeness (QED) is 0.101. The van der Waals surface area contributed by atoms with Crippen molar-refractivity contribution in [3.8, 4) is 11.5 Å². The standard InChI is InChI=1S/2C13H17N3.2C12H16N4.4C2H6/c1-3-4-5-13-14-7-6-12(16-13)11-8-10(2)15-9-11;1-3-4-5-13-14-9-8-12(16-13)11-7-6-10(2)15-11;2*1-3-4-5-11-13-7-6-10(16-11)12-14-8-9(2)15-12;4*1-2/h6-7,9H,3-5,8H2,1-2H3;7-9H,3-6H2,1-2H3;6-7H,3-5,8H2,1-2H3;6-8H,3-5H2,1-2H3,(H,14,15);4*1-2H3. The first-order valence-electron chi connectivity index (χ1n) is 27.0. The molecule has 5 aromatic heterocycles. The molecule has 8 heterocycles. The van der Waals surface area contributed by atoms with Gasteiger partial charge in [0.05, 0.1) is 23.6 Å². The van der Waals surface area contributed by atoms with Crippen molar-refractivity contribution in [2.75, 3.05) is 6.54 Å². The lowest BCUT2D eigenvalue weighted by molar-refractivity contribution is 0.750. The average molecular weight is 983 g/mol. The summed E-state index contributed by atoms with van der Waals surface area (Å²) in [5.74, 6) is 5.23. The summed E-state index contributed by atoms with van der Waals surface area (Å²) in [5.41, 5.74) is 10.3. The van der Waals surface area contributed by atoms with Gasteiger partial charge in [-0.3, -0.25) is 15.0 Å². The fraction of sp³-hybridized carbons (Fsp3) is 0.534. The van der Waals surface area contributed by atoms with Crippen LogP contribution in [-0.2, 0) is 25.7 Å². The van der Waals surface area contributed by atoms with Gasteiger partial charge in [-0.15, -0.1) is 0 Å². The van der Waals surface area contributed by atoms with Crippen molar-refractivity contribution >= 4 is 34.2 Å². The van der Waals surface area contributed by atoms with E-state index >= 15 is 0 Å². The van der Waals surface area contributed by atoms with Gasteiger partial charge in [0.1, 0.15) is 34.7 Å². The number of unbranched alkanes of at least 4 members (excludes halogenated alkanes) is 4. The predicted octanol–water partition coefficient (Wildman–Crippen LogP) is 14.7. The SMILES string of the molecule is CC.CC.CC.CC.CCCCc1nccc(-c2ncc(C)[nH]2)n1.CCCCc1nccc(C2=CCC(C)=N2)n1.CCCCc1nccc(C2=CN=C(C)C2)n1.CCCCc1nccc(C2=NCC(C)=N2)n1. The number of aromatic nitrogens is 10. The largest absolute Gasteiger partial charge is 0.341 e. The van der Waals surface area contributed by atoms with Crippen LogP contribution in [0.4, 0.5) is 0 Å². The van der Waals surface area contributed by atoms with Crippen LogP contribution in [0.15, 0.2) is 87.5 Å². The second-order valence-corrected chi connectivity index (χ2v) is 16.1. The highest BCUT2D eigenvalue weighted by Crippen LogP contribution is 2.22. The molecule has 0 atom stereocenters. The Bertz CT molecular complexity index is 2360. The van der Waals surface area contributed by atoms with Crippen molar-refractivity contribution in [2.24, 2.45) is 20.0 Å². The normalized spacial score (nSPS) is 12.6. The van der Waals surface area contributed by atoms with E-state index in [2.05, 4.69) is 104 Å². The maximum absolute atomic E-state index is 4.57. The Morgan fingerprint density at radius 2 is 0.931 bits per heavy atom. The number of imidazole rings is 1. The number of aryl methyl sites for hydroxylation is 5. The number of rotatable bonds is 16. The van der Waals surface area contributed by atoms with Crippen LogP contribution in [0.25, 0.3) is 22.8 Å². The highest BCUT2D eigenvalue weighted by Gasteiger charge is 2.13. The molecule has 3 aliphatic heterocycles. The molecule has 1 N–H and O–H groups in total. The van der Waals surface area contributed by atoms with Gasteiger partial charge in [-0.25, -0.2) is 49.8 Å². The van der Waals surface area contributed by atoms with E-state index in [0.29, 0.717) is 6.54 Å². The maximum Gasteiger partial charge on any atom is 0.174 e. The van der Waals surface area contributed by atoms with Gasteiger partial charge in [-0.2, -0.15) is 0 Å². The Kier molecular flexibility index (Phi) is 34.8. The first-order chi connectivity index (χ1) is 35.2. The van der Waals surface area contributed by atoms with Crippen molar-refractivity contribution in [1.29, 1.82) is 0 Å². The van der Waals surface area contributed by atoms with Crippen molar-refractivity contribution < 1.29 is 0 Å². The number of hydrogen-bond acceptors (Lipinski definition) is 13. The second-order valence-electron chi connectivity index (χ2n) is 16.1. The van der Waals surface area contributed by atoms with Gasteiger partial charge in [0.2, 0.25) is 0 Å². The number of H-pyrrole nitrogens is 1. The van der Waals surface area contributed by atoms with E-state index in [4.69, 9.17) is 0 Å². The van der Waals surface area contributed by atoms with Crippen LogP contribution in [0.5, 0.6) is 0 Å². The Hall–Kier alpha value is -6.31. The molecule has 14 nitrogen and oxygen atoms in total. The Labute approximate surface area is 434 Å². The third kappa shape index (κ3) is 24.2. The van der Waals surface area contributed by atoms with Crippen molar-refractivity contribution in [3.05, 3.63) is 114 Å². The average Bonchev–Trinajstić information content (AvgIpc) is 4.29. The molecule has 392 valence electrons. The fourth-order valence-corrected chi connectivity index (χ4v) is 6.53. The molecule has 0 spiro atoms. The summed E-state index contributed by atoms with van der Waals surface area (Å²) < 4.78 is 0. The first kappa shape index (κ1) is 63.7. The highest BCUT2D eigenvalue weighted by molar-refractivity contribution is 6.10. The molecule has 14 heteroatoms. The van der Waals surface area contributed by atoms with Crippen LogP contribution in [0.2, 0.25) is 0 Å². The summed E-state index contributed by atoms with van der Waals surface area (Å²) >= 11 is 0. The monoisotopic (exact) mass is 983 g/mol. The summed E-state index contributed by atoms with van der Waals surface area (Å²) in [6.45, 7) is 33.4. The lowest BCUT2D eigenvalue weighted by Gasteiger charge is -2.03. The molecule has 8 rings (SSSR count). The van der Waals surface area contributed by atoms with Crippen LogP contribution in [-0.4, -0.2) is 79.4 Å². The number of aromatic amines is 1. The molecule has 0 unspecified atom stereocenters. The first-order valence-corrected chi connectivity index (χ1v) is 27.0. The number of nitrogens with zero attached hydrogens (tertiary/aromatic N) is 13. The van der Waals surface area contributed by atoms with E-state index in [9.17, 15) is 0 Å². The summed E-state index contributed by atoms with van der Waals surface area (Å²) in [7, 11) is 0. The van der Waals surface area contributed by atoms with Crippen molar-refractivity contribution in [1.82, 2.24) is 49.8 Å². The van der Waals surface area contributed by atoms with Crippen LogP contribution in [0.3, 0.4) is 0 Å². The zero-order valence-corrected chi connectivity index (χ0v) is 47.3. The summed E-state index contributed by atoms with van der Waals surface area (Å²) in [4.78, 5) is 60.0. The van der Waals surface area contributed by atoms with Crippen molar-refractivity contribution in [3.63, 3.8) is 0 Å². The molecule has 5 aromatic rings. The molecule has 72 heavy (non-hydrogen) atoms. The molecule has 0 saturated heterocycles. The van der Waals surface area contributed by atoms with Crippen LogP contribution in [0, 0.1) is 6.92 Å². The van der Waals surface area contributed by atoms with Gasteiger partial charge >= 0.3 is 0 Å². The van der Waals surface area contributed by atoms with E-state index in [-0.39, 0.29) is 0 Å². The molecule has 0 aromatic carbocycles. The molecule has 0 radical (unpaired) electrons. The molecular weight excluding hydrogens is 893 g/mol. The summed E-state index contributed by atoms with van der Waals surface area (Å²) in [6.07, 6.45) is 28.0. The number of hydrogen-bond donors (Lipinski definition) is 1. The Balaban J connectivity index is 0.000000458. The number of aliphatic imine (C=N–C) groups is 4. The molecular formula is C58H90N14. The van der Waals surface area contributed by atoms with E-state index < -0.39 is 0 Å². The van der Waals surface area contributed by atoms with Gasteiger partial charge in [0.25, 0.3) is 0 Å². The van der Waals surface area contributed by atoms with Crippen molar-refractivity contribution in [2.45, 2.75) is 201 Å². The molecule has 0 saturated carbocycles. The minimum absolute atomic E-state index is 0.698. The van der Waals surface area contributed by atoms with Crippen LogP contribution < -0.4 is 0 Å². The molecule has 0 aliphatic carbocycles. The highest BCUT2D eigenvalue weighted by atomic mass is 15.0. The van der Waals surface area contributed by atoms with E-state index in [1.54, 1.807) is 12.4 Å². The second kappa shape index (κ2) is 39.3. The minimum atomic E-state index is 0.698. The zero-order valence-electron chi connectivity index (χ0n) is 47.3.